The molecule has 0 aliphatic carbocycles. The van der Waals surface area contributed by atoms with Crippen molar-refractivity contribution in [3.8, 4) is 0 Å². The number of rotatable bonds is 5. The lowest BCUT2D eigenvalue weighted by molar-refractivity contribution is -0.114. The second-order valence-electron chi connectivity index (χ2n) is 1.27. The van der Waals surface area contributed by atoms with Gasteiger partial charge in [-0.15, -0.1) is 0 Å². The quantitative estimate of drug-likeness (QED) is 0.371. The van der Waals surface area contributed by atoms with Crippen LogP contribution in [-0.4, -0.2) is 37.0 Å². The van der Waals surface area contributed by atoms with Crippen molar-refractivity contribution in [1.29, 1.82) is 0 Å². The molecular weight excluding hydrogens is 124 g/mol. The number of carbonyl (C=O) groups excluding carboxylic acids is 2. The molecule has 0 aromatic rings. The number of hydrogen-bond acceptors (Lipinski definition) is 4. The van der Waals surface area contributed by atoms with E-state index in [1.165, 1.54) is 6.29 Å². The number of aliphatic hydroxyl groups excluding tert-OH is 1. The number of aliphatic hydroxyl groups is 1. The van der Waals surface area contributed by atoms with E-state index in [1.807, 2.05) is 0 Å². The van der Waals surface area contributed by atoms with Gasteiger partial charge in [0.25, 0.3) is 0 Å². The average molecular weight is 131 g/mol. The van der Waals surface area contributed by atoms with Gasteiger partial charge in [-0.2, -0.15) is 0 Å². The van der Waals surface area contributed by atoms with Crippen molar-refractivity contribution in [3.05, 3.63) is 0 Å². The second kappa shape index (κ2) is 5.40. The van der Waals surface area contributed by atoms with E-state index in [1.54, 1.807) is 0 Å². The maximum atomic E-state index is 9.77. The van der Waals surface area contributed by atoms with E-state index in [9.17, 15) is 9.59 Å². The molecule has 0 aliphatic rings. The van der Waals surface area contributed by atoms with E-state index >= 15 is 0 Å². The van der Waals surface area contributed by atoms with Crippen LogP contribution in [0.1, 0.15) is 0 Å². The maximum Gasteiger partial charge on any atom is 0.237 e. The predicted octanol–water partition coefficient (Wildman–Crippen LogP) is -1.33. The molecule has 51 valence electrons. The van der Waals surface area contributed by atoms with Crippen LogP contribution in [-0.2, 0) is 14.3 Å². The van der Waals surface area contributed by atoms with Crippen LogP contribution in [0.2, 0.25) is 0 Å². The van der Waals surface area contributed by atoms with Crippen molar-refractivity contribution in [3.63, 3.8) is 0 Å². The molecule has 0 saturated carbocycles. The van der Waals surface area contributed by atoms with Crippen molar-refractivity contribution in [2.75, 3.05) is 13.2 Å². The van der Waals surface area contributed by atoms with Gasteiger partial charge >= 0.3 is 0 Å². The topological polar surface area (TPSA) is 63.6 Å². The Hall–Kier alpha value is -0.740. The highest BCUT2D eigenvalue weighted by atomic mass is 16.5. The van der Waals surface area contributed by atoms with Gasteiger partial charge in [0.15, 0.2) is 12.4 Å². The largest absolute Gasteiger partial charge is 0.394 e. The minimum atomic E-state index is -1.14. The van der Waals surface area contributed by atoms with Crippen LogP contribution in [0.3, 0.4) is 0 Å². The van der Waals surface area contributed by atoms with E-state index in [4.69, 9.17) is 5.11 Å². The van der Waals surface area contributed by atoms with Crippen LogP contribution >= 0.6 is 0 Å². The van der Waals surface area contributed by atoms with E-state index in [0.29, 0.717) is 6.29 Å². The third-order valence-corrected chi connectivity index (χ3v) is 0.628. The summed E-state index contributed by atoms with van der Waals surface area (Å²) < 4.78 is 4.45. The summed E-state index contributed by atoms with van der Waals surface area (Å²) in [6, 6.07) is 0. The zero-order valence-corrected chi connectivity index (χ0v) is 4.74. The summed E-state index contributed by atoms with van der Waals surface area (Å²) in [5.74, 6) is 0. The summed E-state index contributed by atoms with van der Waals surface area (Å²) in [5, 5.41) is 8.14. The van der Waals surface area contributed by atoms with E-state index in [0.717, 1.165) is 0 Å². The second-order valence-corrected chi connectivity index (χ2v) is 1.27. The van der Waals surface area contributed by atoms with Gasteiger partial charge in [0.05, 0.1) is 13.2 Å². The van der Waals surface area contributed by atoms with Crippen molar-refractivity contribution < 1.29 is 19.4 Å². The van der Waals surface area contributed by atoms with Gasteiger partial charge in [0.1, 0.15) is 0 Å². The van der Waals surface area contributed by atoms with Crippen LogP contribution < -0.4 is 0 Å². The van der Waals surface area contributed by atoms with Crippen molar-refractivity contribution in [2.24, 2.45) is 0 Å². The Morgan fingerprint density at radius 1 is 1.78 bits per heavy atom. The molecular formula is C5H7O4. The molecule has 4 nitrogen and oxygen atoms in total. The third-order valence-electron chi connectivity index (χ3n) is 0.628. The van der Waals surface area contributed by atoms with Crippen LogP contribution in [0, 0.1) is 0 Å². The van der Waals surface area contributed by atoms with Crippen LogP contribution in [0.4, 0.5) is 0 Å². The fraction of sp³-hybridized carbons (Fsp3) is 0.600. The van der Waals surface area contributed by atoms with E-state index < -0.39 is 6.10 Å². The zero-order chi connectivity index (χ0) is 7.11. The van der Waals surface area contributed by atoms with E-state index in [-0.39, 0.29) is 13.2 Å². The molecule has 0 fully saturated rings. The molecule has 0 spiro atoms. The molecule has 0 rings (SSSR count). The van der Waals surface area contributed by atoms with Gasteiger partial charge in [-0.25, -0.2) is 0 Å². The van der Waals surface area contributed by atoms with E-state index in [2.05, 4.69) is 4.74 Å². The molecule has 0 heterocycles. The highest BCUT2D eigenvalue weighted by molar-refractivity contribution is 5.80. The van der Waals surface area contributed by atoms with Crippen LogP contribution in [0.15, 0.2) is 0 Å². The summed E-state index contributed by atoms with van der Waals surface area (Å²) >= 11 is 0. The number of aldehydes is 1. The first-order valence-electron chi connectivity index (χ1n) is 2.40. The first kappa shape index (κ1) is 8.26. The molecule has 0 amide bonds. The molecule has 1 unspecified atom stereocenters. The summed E-state index contributed by atoms with van der Waals surface area (Å²) in [6.07, 6.45) is 0.516. The first-order chi connectivity index (χ1) is 4.35. The lowest BCUT2D eigenvalue weighted by atomic mass is 10.4. The van der Waals surface area contributed by atoms with Crippen molar-refractivity contribution in [2.45, 2.75) is 6.10 Å². The fourth-order valence-corrected chi connectivity index (χ4v) is 0.281. The summed E-state index contributed by atoms with van der Waals surface area (Å²) in [4.78, 5) is 19.5. The average Bonchev–Trinajstić information content (AvgIpc) is 1.91. The minimum absolute atomic E-state index is 0.0152. The van der Waals surface area contributed by atoms with Gasteiger partial charge in [-0.3, -0.25) is 9.59 Å². The van der Waals surface area contributed by atoms with Gasteiger partial charge in [-0.1, -0.05) is 0 Å². The predicted molar refractivity (Wildman–Crippen MR) is 28.6 cm³/mol. The lowest BCUT2D eigenvalue weighted by Crippen LogP contribution is -2.17. The molecule has 0 aliphatic heterocycles. The maximum absolute atomic E-state index is 9.77. The van der Waals surface area contributed by atoms with Gasteiger partial charge in [-0.05, 0) is 0 Å². The van der Waals surface area contributed by atoms with Gasteiger partial charge < -0.3 is 9.84 Å². The summed E-state index contributed by atoms with van der Waals surface area (Å²) in [6.45, 7) is -0.218. The van der Waals surface area contributed by atoms with Gasteiger partial charge in [0.2, 0.25) is 6.29 Å². The molecule has 0 saturated heterocycles. The number of hydrogen-bond donors (Lipinski definition) is 1. The zero-order valence-electron chi connectivity index (χ0n) is 4.74. The van der Waals surface area contributed by atoms with Crippen molar-refractivity contribution in [1.82, 2.24) is 0 Å². The molecule has 0 bridgehead atoms. The van der Waals surface area contributed by atoms with Crippen molar-refractivity contribution >= 4 is 12.6 Å². The Bertz CT molecular complexity index is 83.0. The monoisotopic (exact) mass is 131 g/mol. The Morgan fingerprint density at radius 3 is 2.78 bits per heavy atom. The molecule has 4 heteroatoms. The molecule has 1 N–H and O–H groups in total. The molecule has 0 aromatic carbocycles. The Balaban J connectivity index is 3.30. The third kappa shape index (κ3) is 3.81. The first-order valence-corrected chi connectivity index (χ1v) is 2.40. The highest BCUT2D eigenvalue weighted by Crippen LogP contribution is 1.80. The normalized spacial score (nSPS) is 9.56. The SMILES string of the molecule is O=[C]C(C=O)OCCO. The van der Waals surface area contributed by atoms with Crippen LogP contribution in [0.5, 0.6) is 0 Å². The Labute approximate surface area is 52.4 Å². The number of carbonyl (C=O) groups is 1. The highest BCUT2D eigenvalue weighted by Gasteiger charge is 2.03. The Kier molecular flexibility index (Phi) is 4.95. The molecule has 1 radical (unpaired) electrons. The lowest BCUT2D eigenvalue weighted by Gasteiger charge is -1.99. The molecule has 0 aromatic heterocycles. The Morgan fingerprint density at radius 2 is 2.44 bits per heavy atom. The summed E-state index contributed by atoms with van der Waals surface area (Å²) in [5.41, 5.74) is 0. The standard InChI is InChI=1S/C5H7O4/c6-1-2-9-5(3-7)4-8/h3,5-6H,1-2H2. The summed E-state index contributed by atoms with van der Waals surface area (Å²) in [7, 11) is 0. The fourth-order valence-electron chi connectivity index (χ4n) is 0.281. The smallest absolute Gasteiger partial charge is 0.237 e. The molecule has 1 atom stereocenters. The molecule has 9 heavy (non-hydrogen) atoms. The minimum Gasteiger partial charge on any atom is -0.394 e. The van der Waals surface area contributed by atoms with Gasteiger partial charge in [0, 0.05) is 0 Å². The van der Waals surface area contributed by atoms with Crippen LogP contribution in [0.25, 0.3) is 0 Å². The number of ether oxygens (including phenoxy) is 1.